The fraction of sp³-hybridized carbons (Fsp3) is 0.226. The maximum absolute atomic E-state index is 10.0. The molecule has 3 aromatic carbocycles. The number of hydrogen-bond donors (Lipinski definition) is 1. The Bertz CT molecular complexity index is 1690. The molecule has 0 atom stereocenters. The van der Waals surface area contributed by atoms with Gasteiger partial charge in [0, 0.05) is 43.2 Å². The summed E-state index contributed by atoms with van der Waals surface area (Å²) in [5.41, 5.74) is 8.75. The number of rotatable bonds is 1. The number of fused-ring (bicyclic) bond motifs is 4. The largest absolute Gasteiger partial charge is 0.512 e. The van der Waals surface area contributed by atoms with Gasteiger partial charge in [0.25, 0.3) is 0 Å². The van der Waals surface area contributed by atoms with Gasteiger partial charge in [0.2, 0.25) is 0 Å². The van der Waals surface area contributed by atoms with Gasteiger partial charge in [-0.2, -0.15) is 0 Å². The van der Waals surface area contributed by atoms with E-state index in [1.165, 1.54) is 52.8 Å². The van der Waals surface area contributed by atoms with Gasteiger partial charge >= 0.3 is 0 Å². The van der Waals surface area contributed by atoms with Gasteiger partial charge in [-0.1, -0.05) is 60.5 Å². The maximum atomic E-state index is 10.0. The van der Waals surface area contributed by atoms with Gasteiger partial charge in [-0.3, -0.25) is 4.79 Å². The number of aliphatic hydroxyl groups is 1. The van der Waals surface area contributed by atoms with Gasteiger partial charge in [0.05, 0.1) is 5.76 Å². The zero-order valence-electron chi connectivity index (χ0n) is 21.2. The Kier molecular flexibility index (Phi) is 6.68. The van der Waals surface area contributed by atoms with Gasteiger partial charge in [-0.25, -0.2) is 0 Å². The van der Waals surface area contributed by atoms with Crippen LogP contribution < -0.4 is 0 Å². The average molecular weight is 655 g/mol. The van der Waals surface area contributed by atoms with Crippen LogP contribution in [0.1, 0.15) is 49.9 Å². The van der Waals surface area contributed by atoms with E-state index in [1.807, 2.05) is 12.3 Å². The normalized spacial score (nSPS) is 13.7. The zero-order chi connectivity index (χ0) is 25.1. The molecule has 0 spiro atoms. The minimum atomic E-state index is -0.204. The number of aromatic nitrogens is 1. The molecule has 185 valence electrons. The molecule has 2 aromatic heterocycles. The molecule has 36 heavy (non-hydrogen) atoms. The molecule has 0 bridgehead atoms. The van der Waals surface area contributed by atoms with Gasteiger partial charge in [-0.15, -0.1) is 23.3 Å². The van der Waals surface area contributed by atoms with Crippen LogP contribution >= 0.6 is 0 Å². The summed E-state index contributed by atoms with van der Waals surface area (Å²) >= 11 is 0. The van der Waals surface area contributed by atoms with Crippen molar-refractivity contribution in [2.45, 2.75) is 47.0 Å². The molecule has 0 fully saturated rings. The molecule has 5 heteroatoms. The number of allylic oxidation sites excluding steroid dienone is 2. The standard InChI is InChI=1S/C26H20NO.C5H8O2.Ir/c1-14-5-8-17-16(13-14)7-9-18-23(17)26(3,4)19-10-6-15(2)25-21(19)22-20(28-25)11-12-27-24(18)22;1-4(6)3-5(2)7;/h5-8,10-13H,1-4H3;3,6H,1-2H3;/q-1;;/b;4-3-;. The summed E-state index contributed by atoms with van der Waals surface area (Å²) < 4.78 is 6.30. The van der Waals surface area contributed by atoms with E-state index in [4.69, 9.17) is 14.5 Å². The summed E-state index contributed by atoms with van der Waals surface area (Å²) in [6.45, 7) is 11.7. The van der Waals surface area contributed by atoms with E-state index < -0.39 is 0 Å². The summed E-state index contributed by atoms with van der Waals surface area (Å²) in [6, 6.07) is 18.8. The Hall–Kier alpha value is -3.27. The third kappa shape index (κ3) is 4.07. The molecule has 1 radical (unpaired) electrons. The van der Waals surface area contributed by atoms with E-state index in [9.17, 15) is 4.79 Å². The zero-order valence-corrected chi connectivity index (χ0v) is 23.6. The summed E-state index contributed by atoms with van der Waals surface area (Å²) in [5, 5.41) is 13.2. The molecular formula is C31H28IrNO3-. The van der Waals surface area contributed by atoms with Crippen molar-refractivity contribution in [2.75, 3.05) is 0 Å². The van der Waals surface area contributed by atoms with Crippen LogP contribution in [0, 0.1) is 19.9 Å². The summed E-state index contributed by atoms with van der Waals surface area (Å²) in [7, 11) is 0. The first-order valence-corrected chi connectivity index (χ1v) is 11.7. The first kappa shape index (κ1) is 25.8. The van der Waals surface area contributed by atoms with Crippen LogP contribution in [-0.4, -0.2) is 15.9 Å². The molecule has 5 aromatic rings. The number of carbonyl (C=O) groups excluding carboxylic acids is 1. The Morgan fingerprint density at radius 1 is 1.08 bits per heavy atom. The monoisotopic (exact) mass is 655 g/mol. The molecule has 1 aliphatic carbocycles. The Balaban J connectivity index is 0.000000338. The first-order valence-electron chi connectivity index (χ1n) is 11.7. The third-order valence-corrected chi connectivity index (χ3v) is 6.78. The van der Waals surface area contributed by atoms with Crippen molar-refractivity contribution in [2.24, 2.45) is 0 Å². The summed E-state index contributed by atoms with van der Waals surface area (Å²) in [4.78, 5) is 14.8. The second kappa shape index (κ2) is 9.31. The van der Waals surface area contributed by atoms with Crippen LogP contribution in [0.3, 0.4) is 0 Å². The number of ketones is 1. The van der Waals surface area contributed by atoms with Crippen molar-refractivity contribution >= 4 is 38.5 Å². The van der Waals surface area contributed by atoms with Crippen LogP contribution in [0.4, 0.5) is 0 Å². The topological polar surface area (TPSA) is 63.3 Å². The minimum absolute atomic E-state index is 0. The molecule has 0 saturated carbocycles. The van der Waals surface area contributed by atoms with Crippen molar-refractivity contribution in [3.05, 3.63) is 88.8 Å². The van der Waals surface area contributed by atoms with Crippen LogP contribution in [0.5, 0.6) is 0 Å². The van der Waals surface area contributed by atoms with Crippen LogP contribution in [-0.2, 0) is 30.3 Å². The molecule has 4 nitrogen and oxygen atoms in total. The number of pyridine rings is 1. The molecular weight excluding hydrogens is 627 g/mol. The fourth-order valence-electron chi connectivity index (χ4n) is 5.31. The molecule has 0 amide bonds. The Labute approximate surface area is 224 Å². The summed E-state index contributed by atoms with van der Waals surface area (Å²) in [6.07, 6.45) is 3.02. The third-order valence-electron chi connectivity index (χ3n) is 6.78. The van der Waals surface area contributed by atoms with E-state index in [2.05, 4.69) is 70.2 Å². The average Bonchev–Trinajstić information content (AvgIpc) is 3.14. The second-order valence-corrected chi connectivity index (χ2v) is 9.92. The molecule has 6 rings (SSSR count). The molecule has 1 aliphatic rings. The maximum Gasteiger partial charge on any atom is 0.155 e. The predicted octanol–water partition coefficient (Wildman–Crippen LogP) is 7.89. The fourth-order valence-corrected chi connectivity index (χ4v) is 5.31. The van der Waals surface area contributed by atoms with Gasteiger partial charge in [0.15, 0.2) is 5.78 Å². The molecule has 2 heterocycles. The van der Waals surface area contributed by atoms with Crippen LogP contribution in [0.2, 0.25) is 0 Å². The van der Waals surface area contributed by atoms with E-state index in [0.29, 0.717) is 0 Å². The SMILES string of the molecule is CC(=O)/C=C(/C)O.Cc1ccc2c3c([c-]cc2c1)-c1nccc2oc4c(C)ccc(c4c12)C3(C)C.[Ir]. The van der Waals surface area contributed by atoms with Crippen LogP contribution in [0.25, 0.3) is 44.0 Å². The van der Waals surface area contributed by atoms with Gasteiger partial charge < -0.3 is 14.5 Å². The van der Waals surface area contributed by atoms with E-state index in [-0.39, 0.29) is 37.1 Å². The van der Waals surface area contributed by atoms with Gasteiger partial charge in [0.1, 0.15) is 11.2 Å². The van der Waals surface area contributed by atoms with Gasteiger partial charge in [-0.05, 0) is 56.0 Å². The Morgan fingerprint density at radius 3 is 2.50 bits per heavy atom. The molecule has 0 unspecified atom stereocenters. The van der Waals surface area contributed by atoms with E-state index in [1.54, 1.807) is 0 Å². The van der Waals surface area contributed by atoms with E-state index in [0.717, 1.165) is 33.4 Å². The van der Waals surface area contributed by atoms with Crippen molar-refractivity contribution in [1.29, 1.82) is 0 Å². The second-order valence-electron chi connectivity index (χ2n) is 9.92. The Morgan fingerprint density at radius 2 is 1.83 bits per heavy atom. The van der Waals surface area contributed by atoms with Crippen LogP contribution in [0.15, 0.2) is 64.9 Å². The van der Waals surface area contributed by atoms with Crippen molar-refractivity contribution in [3.8, 4) is 11.3 Å². The van der Waals surface area contributed by atoms with E-state index >= 15 is 0 Å². The number of benzene rings is 3. The number of hydrogen-bond acceptors (Lipinski definition) is 4. The number of aryl methyl sites for hydroxylation is 2. The number of nitrogens with zero attached hydrogens (tertiary/aromatic N) is 1. The summed E-state index contributed by atoms with van der Waals surface area (Å²) in [5.74, 6) is -0.0625. The quantitative estimate of drug-likeness (QED) is 0.113. The smallest absolute Gasteiger partial charge is 0.155 e. The van der Waals surface area contributed by atoms with Crippen molar-refractivity contribution in [1.82, 2.24) is 4.98 Å². The number of aliphatic hydroxyl groups excluding tert-OH is 1. The molecule has 0 saturated heterocycles. The predicted molar refractivity (Wildman–Crippen MR) is 142 cm³/mol. The van der Waals surface area contributed by atoms with Crippen molar-refractivity contribution in [3.63, 3.8) is 0 Å². The minimum Gasteiger partial charge on any atom is -0.512 e. The number of carbonyl (C=O) groups is 1. The molecule has 1 N–H and O–H groups in total. The molecule has 0 aliphatic heterocycles. The first-order chi connectivity index (χ1) is 16.6. The number of furan rings is 1. The van der Waals surface area contributed by atoms with Crippen molar-refractivity contribution < 1.29 is 34.4 Å².